The summed E-state index contributed by atoms with van der Waals surface area (Å²) in [5.41, 5.74) is 0.624. The van der Waals surface area contributed by atoms with Crippen LogP contribution < -0.4 is 15.4 Å². The lowest BCUT2D eigenvalue weighted by Gasteiger charge is -2.32. The van der Waals surface area contributed by atoms with Crippen molar-refractivity contribution in [2.75, 3.05) is 13.7 Å². The van der Waals surface area contributed by atoms with E-state index in [9.17, 15) is 14.4 Å². The number of carbonyl (C=O) groups is 3. The van der Waals surface area contributed by atoms with Crippen molar-refractivity contribution in [1.29, 1.82) is 0 Å². The normalized spacial score (nSPS) is 14.3. The quantitative estimate of drug-likeness (QED) is 0.461. The fraction of sp³-hybridized carbons (Fsp3) is 0.346. The summed E-state index contributed by atoms with van der Waals surface area (Å²) in [5.74, 6) is 0.0167. The minimum Gasteiger partial charge on any atom is -0.497 e. The molecule has 0 saturated heterocycles. The molecule has 1 saturated carbocycles. The van der Waals surface area contributed by atoms with Crippen LogP contribution in [-0.2, 0) is 16.1 Å². The van der Waals surface area contributed by atoms with Crippen molar-refractivity contribution in [1.82, 2.24) is 15.5 Å². The van der Waals surface area contributed by atoms with Crippen molar-refractivity contribution in [3.63, 3.8) is 0 Å². The van der Waals surface area contributed by atoms with Crippen LogP contribution in [0.15, 0.2) is 69.9 Å². The fourth-order valence-electron chi connectivity index (χ4n) is 4.26. The summed E-state index contributed by atoms with van der Waals surface area (Å²) in [6.45, 7) is -0.263. The van der Waals surface area contributed by atoms with Gasteiger partial charge < -0.3 is 29.1 Å². The van der Waals surface area contributed by atoms with Gasteiger partial charge in [0.1, 0.15) is 17.6 Å². The second kappa shape index (κ2) is 11.4. The Labute approximate surface area is 203 Å². The number of nitrogens with zero attached hydrogens (tertiary/aromatic N) is 1. The Balaban J connectivity index is 1.61. The molecule has 35 heavy (non-hydrogen) atoms. The summed E-state index contributed by atoms with van der Waals surface area (Å²) in [6, 6.07) is 12.7. The third kappa shape index (κ3) is 6.11. The Morgan fingerprint density at radius 3 is 2.37 bits per heavy atom. The lowest BCUT2D eigenvalue weighted by molar-refractivity contribution is -0.141. The molecule has 0 aliphatic heterocycles. The topological polar surface area (TPSA) is 114 Å². The van der Waals surface area contributed by atoms with Gasteiger partial charge in [0.15, 0.2) is 5.76 Å². The van der Waals surface area contributed by atoms with Crippen molar-refractivity contribution in [2.45, 2.75) is 44.3 Å². The minimum atomic E-state index is -0.931. The average molecular weight is 480 g/mol. The van der Waals surface area contributed by atoms with Gasteiger partial charge in [-0.15, -0.1) is 0 Å². The van der Waals surface area contributed by atoms with Crippen molar-refractivity contribution in [3.05, 3.63) is 78.1 Å². The zero-order chi connectivity index (χ0) is 24.6. The molecule has 0 spiro atoms. The number of benzene rings is 1. The molecule has 9 nitrogen and oxygen atoms in total. The lowest BCUT2D eigenvalue weighted by Crippen LogP contribution is -2.48. The van der Waals surface area contributed by atoms with E-state index in [1.165, 1.54) is 23.5 Å². The van der Waals surface area contributed by atoms with E-state index in [4.69, 9.17) is 13.6 Å². The zero-order valence-electron chi connectivity index (χ0n) is 19.6. The molecule has 0 bridgehead atoms. The number of hydrogen-bond donors (Lipinski definition) is 2. The highest BCUT2D eigenvalue weighted by atomic mass is 16.5. The smallest absolute Gasteiger partial charge is 0.287 e. The van der Waals surface area contributed by atoms with Gasteiger partial charge in [0.05, 0.1) is 32.7 Å². The number of carbonyl (C=O) groups excluding carboxylic acids is 3. The van der Waals surface area contributed by atoms with Crippen LogP contribution >= 0.6 is 0 Å². The minimum absolute atomic E-state index is 0.0528. The Morgan fingerprint density at radius 2 is 1.74 bits per heavy atom. The van der Waals surface area contributed by atoms with Gasteiger partial charge in [-0.25, -0.2) is 0 Å². The first-order chi connectivity index (χ1) is 17.0. The molecule has 184 valence electrons. The average Bonchev–Trinajstić information content (AvgIpc) is 3.66. The molecule has 1 atom stereocenters. The Bertz CT molecular complexity index is 1100. The number of nitrogens with one attached hydrogen (secondary N) is 2. The van der Waals surface area contributed by atoms with Crippen molar-refractivity contribution in [3.8, 4) is 5.75 Å². The largest absolute Gasteiger partial charge is 0.497 e. The van der Waals surface area contributed by atoms with Crippen molar-refractivity contribution in [2.24, 2.45) is 0 Å². The molecule has 1 aliphatic carbocycles. The molecule has 0 unspecified atom stereocenters. The highest BCUT2D eigenvalue weighted by Gasteiger charge is 2.34. The molecule has 3 amide bonds. The number of ether oxygens (including phenoxy) is 1. The summed E-state index contributed by atoms with van der Waals surface area (Å²) < 4.78 is 15.8. The van der Waals surface area contributed by atoms with Gasteiger partial charge in [-0.2, -0.15) is 0 Å². The van der Waals surface area contributed by atoms with E-state index in [0.717, 1.165) is 25.7 Å². The zero-order valence-corrected chi connectivity index (χ0v) is 19.6. The van der Waals surface area contributed by atoms with Gasteiger partial charge in [-0.05, 0) is 54.8 Å². The Hall–Kier alpha value is -4.01. The first kappa shape index (κ1) is 24.1. The molecule has 2 N–H and O–H groups in total. The standard InChI is InChI=1S/C26H29N3O6/c1-33-20-12-10-18(11-13-20)24(26(32)28-19-6-2-3-7-19)29(17-21-8-4-14-34-21)23(30)16-27-25(31)22-9-5-15-35-22/h4-5,8-15,19,24H,2-3,6-7,16-17H2,1H3,(H,27,31)(H,28,32)/t24-/m0/s1. The SMILES string of the molecule is COc1ccc([C@@H](C(=O)NC2CCCC2)N(Cc2ccco2)C(=O)CNC(=O)c2ccco2)cc1. The number of methoxy groups -OCH3 is 1. The van der Waals surface area contributed by atoms with Crippen LogP contribution in [0.4, 0.5) is 0 Å². The van der Waals surface area contributed by atoms with Crippen LogP contribution in [0, 0.1) is 0 Å². The molecule has 4 rings (SSSR count). The van der Waals surface area contributed by atoms with E-state index in [0.29, 0.717) is 17.1 Å². The van der Waals surface area contributed by atoms with E-state index in [-0.39, 0.29) is 30.8 Å². The summed E-state index contributed by atoms with van der Waals surface area (Å²) in [5, 5.41) is 5.69. The summed E-state index contributed by atoms with van der Waals surface area (Å²) in [6.07, 6.45) is 6.83. The number of furan rings is 2. The second-order valence-corrected chi connectivity index (χ2v) is 8.43. The molecule has 1 aromatic carbocycles. The number of hydrogen-bond acceptors (Lipinski definition) is 6. The van der Waals surface area contributed by atoms with Crippen molar-refractivity contribution >= 4 is 17.7 Å². The molecule has 2 aromatic heterocycles. The van der Waals surface area contributed by atoms with Crippen LogP contribution in [0.25, 0.3) is 0 Å². The summed E-state index contributed by atoms with van der Waals surface area (Å²) in [4.78, 5) is 40.8. The molecular formula is C26H29N3O6. The number of amides is 3. The highest BCUT2D eigenvalue weighted by molar-refractivity contribution is 5.95. The van der Waals surface area contributed by atoms with Crippen LogP contribution in [0.1, 0.15) is 53.6 Å². The van der Waals surface area contributed by atoms with E-state index >= 15 is 0 Å². The summed E-state index contributed by atoms with van der Waals surface area (Å²) >= 11 is 0. The maximum Gasteiger partial charge on any atom is 0.287 e. The third-order valence-electron chi connectivity index (χ3n) is 6.06. The molecule has 2 heterocycles. The summed E-state index contributed by atoms with van der Waals surface area (Å²) in [7, 11) is 1.56. The Kier molecular flexibility index (Phi) is 7.87. The van der Waals surface area contributed by atoms with E-state index in [1.54, 1.807) is 49.6 Å². The fourth-order valence-corrected chi connectivity index (χ4v) is 4.26. The first-order valence-electron chi connectivity index (χ1n) is 11.6. The molecule has 9 heteroatoms. The van der Waals surface area contributed by atoms with E-state index in [1.807, 2.05) is 0 Å². The monoisotopic (exact) mass is 479 g/mol. The van der Waals surface area contributed by atoms with Gasteiger partial charge in [0.25, 0.3) is 5.91 Å². The van der Waals surface area contributed by atoms with Crippen LogP contribution in [-0.4, -0.2) is 42.3 Å². The molecule has 1 fully saturated rings. The van der Waals surface area contributed by atoms with Gasteiger partial charge >= 0.3 is 0 Å². The molecule has 0 radical (unpaired) electrons. The van der Waals surface area contributed by atoms with Crippen LogP contribution in [0.3, 0.4) is 0 Å². The maximum atomic E-state index is 13.6. The third-order valence-corrected chi connectivity index (χ3v) is 6.06. The van der Waals surface area contributed by atoms with E-state index in [2.05, 4.69) is 10.6 Å². The van der Waals surface area contributed by atoms with E-state index < -0.39 is 17.9 Å². The van der Waals surface area contributed by atoms with Crippen molar-refractivity contribution < 1.29 is 28.0 Å². The second-order valence-electron chi connectivity index (χ2n) is 8.43. The molecule has 3 aromatic rings. The van der Waals surface area contributed by atoms with Gasteiger partial charge in [-0.3, -0.25) is 14.4 Å². The lowest BCUT2D eigenvalue weighted by atomic mass is 10.0. The van der Waals surface area contributed by atoms with Gasteiger partial charge in [-0.1, -0.05) is 25.0 Å². The first-order valence-corrected chi connectivity index (χ1v) is 11.6. The maximum absolute atomic E-state index is 13.6. The molecular weight excluding hydrogens is 450 g/mol. The predicted molar refractivity (Wildman–Crippen MR) is 126 cm³/mol. The van der Waals surface area contributed by atoms with Crippen LogP contribution in [0.5, 0.6) is 5.75 Å². The Morgan fingerprint density at radius 1 is 1.03 bits per heavy atom. The number of rotatable bonds is 10. The van der Waals surface area contributed by atoms with Crippen LogP contribution in [0.2, 0.25) is 0 Å². The predicted octanol–water partition coefficient (Wildman–Crippen LogP) is 3.44. The van der Waals surface area contributed by atoms with Gasteiger partial charge in [0.2, 0.25) is 11.8 Å². The van der Waals surface area contributed by atoms with Gasteiger partial charge in [0, 0.05) is 6.04 Å². The molecule has 1 aliphatic rings. The highest BCUT2D eigenvalue weighted by Crippen LogP contribution is 2.27.